The predicted octanol–water partition coefficient (Wildman–Crippen LogP) is 3.91. The summed E-state index contributed by atoms with van der Waals surface area (Å²) >= 11 is 0. The lowest BCUT2D eigenvalue weighted by Crippen LogP contribution is -2.54. The molecule has 40 heavy (non-hydrogen) atoms. The SMILES string of the molecule is CCS(=O)(=O)N[C@H]1CCCC[C@@H]1n1cnc(C(=O)N2CCNC[C@H]2Cc2cc(F)cc(F)c2)c1-c1ccccc1. The van der Waals surface area contributed by atoms with Gasteiger partial charge in [0.1, 0.15) is 11.6 Å². The minimum atomic E-state index is -3.43. The minimum absolute atomic E-state index is 0.00494. The number of carbonyl (C=O) groups excluding carboxylic acids is 1. The summed E-state index contributed by atoms with van der Waals surface area (Å²) in [4.78, 5) is 20.5. The number of carbonyl (C=O) groups is 1. The Kier molecular flexibility index (Phi) is 8.62. The summed E-state index contributed by atoms with van der Waals surface area (Å²) in [5.74, 6) is -1.57. The standard InChI is InChI=1S/C29H35F2N5O3S/c1-2-40(38,39)34-25-10-6-7-11-26(25)36-19-33-27(28(36)21-8-4-3-5-9-21)29(37)35-13-12-32-18-24(35)16-20-14-22(30)17-23(31)15-20/h3-5,8-9,14-15,17,19,24-26,32,34H,2,6-7,10-13,16,18H2,1H3/t24-,25+,26+/m1/s1. The molecule has 2 aromatic carbocycles. The normalized spacial score (nSPS) is 21.9. The fourth-order valence-electron chi connectivity index (χ4n) is 5.89. The van der Waals surface area contributed by atoms with Gasteiger partial charge in [0.2, 0.25) is 10.0 Å². The minimum Gasteiger partial charge on any atom is -0.331 e. The van der Waals surface area contributed by atoms with Crippen LogP contribution in [0.2, 0.25) is 0 Å². The molecule has 2 N–H and O–H groups in total. The Balaban J connectivity index is 1.51. The van der Waals surface area contributed by atoms with Gasteiger partial charge in [0.05, 0.1) is 23.8 Å². The van der Waals surface area contributed by atoms with Crippen molar-refractivity contribution >= 4 is 15.9 Å². The Hall–Kier alpha value is -3.15. The second-order valence-corrected chi connectivity index (χ2v) is 12.6. The van der Waals surface area contributed by atoms with Crippen molar-refractivity contribution in [2.24, 2.45) is 0 Å². The molecule has 2 fully saturated rings. The van der Waals surface area contributed by atoms with Crippen molar-refractivity contribution in [2.75, 3.05) is 25.4 Å². The van der Waals surface area contributed by atoms with Crippen LogP contribution >= 0.6 is 0 Å². The lowest BCUT2D eigenvalue weighted by Gasteiger charge is -2.36. The third-order valence-corrected chi connectivity index (χ3v) is 9.27. The molecule has 0 unspecified atom stereocenters. The molecule has 1 aromatic heterocycles. The number of aromatic nitrogens is 2. The van der Waals surface area contributed by atoms with E-state index in [9.17, 15) is 22.0 Å². The number of amides is 1. The summed E-state index contributed by atoms with van der Waals surface area (Å²) in [6.45, 7) is 3.11. The van der Waals surface area contributed by atoms with E-state index < -0.39 is 21.7 Å². The maximum Gasteiger partial charge on any atom is 0.275 e. The Morgan fingerprint density at radius 2 is 1.82 bits per heavy atom. The summed E-state index contributed by atoms with van der Waals surface area (Å²) < 4.78 is 57.6. The molecule has 8 nitrogen and oxygen atoms in total. The van der Waals surface area contributed by atoms with E-state index in [0.717, 1.165) is 30.9 Å². The molecule has 5 rings (SSSR count). The molecular weight excluding hydrogens is 536 g/mol. The fraction of sp³-hybridized carbons (Fsp3) is 0.448. The highest BCUT2D eigenvalue weighted by Crippen LogP contribution is 2.35. The monoisotopic (exact) mass is 571 g/mol. The van der Waals surface area contributed by atoms with Crippen LogP contribution in [0.4, 0.5) is 8.78 Å². The molecule has 3 atom stereocenters. The molecule has 214 valence electrons. The maximum atomic E-state index is 14.1. The lowest BCUT2D eigenvalue weighted by atomic mass is 9.90. The average Bonchev–Trinajstić information content (AvgIpc) is 3.38. The zero-order chi connectivity index (χ0) is 28.3. The number of nitrogens with one attached hydrogen (secondary N) is 2. The van der Waals surface area contributed by atoms with E-state index in [1.54, 1.807) is 18.2 Å². The first-order valence-corrected chi connectivity index (χ1v) is 15.5. The van der Waals surface area contributed by atoms with E-state index in [1.807, 2.05) is 34.9 Å². The highest BCUT2D eigenvalue weighted by Gasteiger charge is 2.35. The summed E-state index contributed by atoms with van der Waals surface area (Å²) in [6, 6.07) is 12.1. The largest absolute Gasteiger partial charge is 0.331 e. The topological polar surface area (TPSA) is 96.3 Å². The second-order valence-electron chi connectivity index (χ2n) is 10.5. The van der Waals surface area contributed by atoms with Crippen LogP contribution < -0.4 is 10.0 Å². The van der Waals surface area contributed by atoms with Gasteiger partial charge < -0.3 is 14.8 Å². The van der Waals surface area contributed by atoms with Gasteiger partial charge >= 0.3 is 0 Å². The summed E-state index contributed by atoms with van der Waals surface area (Å²) in [7, 11) is -3.43. The molecule has 11 heteroatoms. The first-order valence-electron chi connectivity index (χ1n) is 13.8. The third-order valence-electron chi connectivity index (χ3n) is 7.85. The van der Waals surface area contributed by atoms with E-state index in [-0.39, 0.29) is 41.9 Å². The van der Waals surface area contributed by atoms with Crippen LogP contribution in [0.15, 0.2) is 54.9 Å². The molecule has 1 saturated carbocycles. The number of hydrogen-bond acceptors (Lipinski definition) is 5. The van der Waals surface area contributed by atoms with E-state index in [0.29, 0.717) is 37.3 Å². The van der Waals surface area contributed by atoms with E-state index in [2.05, 4.69) is 15.0 Å². The van der Waals surface area contributed by atoms with E-state index >= 15 is 0 Å². The Bertz CT molecular complexity index is 1430. The number of hydrogen-bond donors (Lipinski definition) is 2. The van der Waals surface area contributed by atoms with Crippen LogP contribution in [0.1, 0.15) is 54.7 Å². The Morgan fingerprint density at radius 1 is 1.10 bits per heavy atom. The molecule has 2 heterocycles. The van der Waals surface area contributed by atoms with Gasteiger partial charge in [-0.2, -0.15) is 0 Å². The number of piperazine rings is 1. The van der Waals surface area contributed by atoms with Gasteiger partial charge in [-0.3, -0.25) is 4.79 Å². The third kappa shape index (κ3) is 6.26. The van der Waals surface area contributed by atoms with Crippen LogP contribution in [-0.4, -0.2) is 66.2 Å². The number of benzene rings is 2. The molecule has 1 saturated heterocycles. The average molecular weight is 572 g/mol. The zero-order valence-electron chi connectivity index (χ0n) is 22.5. The van der Waals surface area contributed by atoms with Gasteiger partial charge in [0.15, 0.2) is 5.69 Å². The smallest absolute Gasteiger partial charge is 0.275 e. The molecule has 0 spiro atoms. The Morgan fingerprint density at radius 3 is 2.55 bits per heavy atom. The summed E-state index contributed by atoms with van der Waals surface area (Å²) in [5.41, 5.74) is 2.22. The highest BCUT2D eigenvalue weighted by atomic mass is 32.2. The van der Waals surface area contributed by atoms with Crippen LogP contribution in [0.3, 0.4) is 0 Å². The quantitative estimate of drug-likeness (QED) is 0.428. The van der Waals surface area contributed by atoms with Crippen molar-refractivity contribution in [2.45, 2.75) is 57.2 Å². The number of sulfonamides is 1. The van der Waals surface area contributed by atoms with E-state index in [4.69, 9.17) is 0 Å². The van der Waals surface area contributed by atoms with Gasteiger partial charge in [0, 0.05) is 43.3 Å². The van der Waals surface area contributed by atoms with Crippen molar-refractivity contribution in [1.82, 2.24) is 24.5 Å². The lowest BCUT2D eigenvalue weighted by molar-refractivity contribution is 0.0631. The molecule has 1 aliphatic carbocycles. The molecule has 3 aromatic rings. The zero-order valence-corrected chi connectivity index (χ0v) is 23.3. The van der Waals surface area contributed by atoms with Gasteiger partial charge in [-0.1, -0.05) is 43.2 Å². The maximum absolute atomic E-state index is 14.1. The number of nitrogens with zero attached hydrogens (tertiary/aromatic N) is 3. The molecule has 1 aliphatic heterocycles. The van der Waals surface area contributed by atoms with Gasteiger partial charge in [-0.05, 0) is 43.9 Å². The number of imidazole rings is 1. The molecule has 1 amide bonds. The van der Waals surface area contributed by atoms with Crippen LogP contribution in [0.5, 0.6) is 0 Å². The van der Waals surface area contributed by atoms with Crippen molar-refractivity contribution in [3.63, 3.8) is 0 Å². The first-order chi connectivity index (χ1) is 19.3. The van der Waals surface area contributed by atoms with Crippen molar-refractivity contribution in [1.29, 1.82) is 0 Å². The fourth-order valence-corrected chi connectivity index (χ4v) is 6.80. The van der Waals surface area contributed by atoms with Crippen molar-refractivity contribution in [3.8, 4) is 11.3 Å². The van der Waals surface area contributed by atoms with Crippen LogP contribution in [-0.2, 0) is 16.4 Å². The van der Waals surface area contributed by atoms with Gasteiger partial charge in [0.25, 0.3) is 5.91 Å². The van der Waals surface area contributed by atoms with Crippen LogP contribution in [0, 0.1) is 11.6 Å². The van der Waals surface area contributed by atoms with Gasteiger partial charge in [-0.25, -0.2) is 26.9 Å². The summed E-state index contributed by atoms with van der Waals surface area (Å²) in [6.07, 6.45) is 5.24. The second kappa shape index (κ2) is 12.2. The molecule has 0 radical (unpaired) electrons. The summed E-state index contributed by atoms with van der Waals surface area (Å²) in [5, 5.41) is 3.28. The van der Waals surface area contributed by atoms with Crippen LogP contribution in [0.25, 0.3) is 11.3 Å². The molecule has 2 aliphatic rings. The number of halogens is 2. The van der Waals surface area contributed by atoms with Crippen molar-refractivity contribution in [3.05, 3.63) is 77.8 Å². The van der Waals surface area contributed by atoms with Crippen molar-refractivity contribution < 1.29 is 22.0 Å². The Labute approximate surface area is 233 Å². The molecular formula is C29H35F2N5O3S. The first kappa shape index (κ1) is 28.4. The van der Waals surface area contributed by atoms with Gasteiger partial charge in [-0.15, -0.1) is 0 Å². The predicted molar refractivity (Wildman–Crippen MR) is 149 cm³/mol. The van der Waals surface area contributed by atoms with E-state index in [1.165, 1.54) is 12.1 Å². The highest BCUT2D eigenvalue weighted by molar-refractivity contribution is 7.89. The number of rotatable bonds is 8. The molecule has 0 bridgehead atoms.